The number of allylic oxidation sites excluding steroid dienone is 20. The van der Waals surface area contributed by atoms with Crippen molar-refractivity contribution in [1.29, 1.82) is 0 Å². The number of phosphoric acid groups is 1. The molecule has 0 rings (SSSR count). The van der Waals surface area contributed by atoms with Gasteiger partial charge in [-0.1, -0.05) is 167 Å². The second kappa shape index (κ2) is 45.5. The lowest BCUT2D eigenvalue weighted by Crippen LogP contribution is -2.37. The van der Waals surface area contributed by atoms with Gasteiger partial charge in [0.2, 0.25) is 0 Å². The predicted molar refractivity (Wildman–Crippen MR) is 267 cm³/mol. The van der Waals surface area contributed by atoms with Crippen LogP contribution in [0, 0.1) is 0 Å². The summed E-state index contributed by atoms with van der Waals surface area (Å²) in [5.74, 6) is -0.377. The Balaban J connectivity index is 4.32. The third-order valence-corrected chi connectivity index (χ3v) is 10.5. The average Bonchev–Trinajstić information content (AvgIpc) is 3.24. The van der Waals surface area contributed by atoms with E-state index in [4.69, 9.17) is 18.5 Å². The maximum atomic E-state index is 12.7. The van der Waals surface area contributed by atoms with Crippen molar-refractivity contribution >= 4 is 13.8 Å². The highest BCUT2D eigenvalue weighted by atomic mass is 31.2. The molecule has 0 bridgehead atoms. The van der Waals surface area contributed by atoms with E-state index in [-0.39, 0.29) is 32.2 Å². The predicted octanol–water partition coefficient (Wildman–Crippen LogP) is 14.3. The maximum Gasteiger partial charge on any atom is 0.306 e. The van der Waals surface area contributed by atoms with Crippen molar-refractivity contribution in [2.75, 3.05) is 54.1 Å². The lowest BCUT2D eigenvalue weighted by Gasteiger charge is -2.28. The second-order valence-corrected chi connectivity index (χ2v) is 18.1. The summed E-state index contributed by atoms with van der Waals surface area (Å²) in [5.41, 5.74) is 0. The van der Waals surface area contributed by atoms with Gasteiger partial charge in [-0.3, -0.25) is 9.36 Å². The molecule has 63 heavy (non-hydrogen) atoms. The van der Waals surface area contributed by atoms with Crippen LogP contribution in [0.15, 0.2) is 122 Å². The van der Waals surface area contributed by atoms with Gasteiger partial charge in [-0.2, -0.15) is 0 Å². The van der Waals surface area contributed by atoms with E-state index in [1.165, 1.54) is 19.3 Å². The molecular formula is C54H90NO7P. The Bertz CT molecular complexity index is 1410. The Kier molecular flexibility index (Phi) is 43.2. The Morgan fingerprint density at radius 2 is 0.873 bits per heavy atom. The van der Waals surface area contributed by atoms with Crippen molar-refractivity contribution in [3.63, 3.8) is 0 Å². The number of rotatable bonds is 43. The SMILES string of the molecule is CC/C=C\C/C=C\C/C=C\C/C=C\C/C=C\CCCCCCCCOCC(COP(=O)([O-])OCC[N+](C)(C)C)OC(=O)CCCCC/C=C\C/C=C\C/C=C\C/C=C\C/C=C\CC. The quantitative estimate of drug-likeness (QED) is 0.0198. The summed E-state index contributed by atoms with van der Waals surface area (Å²) in [7, 11) is 1.30. The molecule has 0 amide bonds. The zero-order chi connectivity index (χ0) is 46.2. The number of esters is 1. The first-order valence-corrected chi connectivity index (χ1v) is 25.7. The van der Waals surface area contributed by atoms with Gasteiger partial charge in [0.1, 0.15) is 19.3 Å². The van der Waals surface area contributed by atoms with Gasteiger partial charge in [0.25, 0.3) is 7.82 Å². The van der Waals surface area contributed by atoms with Gasteiger partial charge in [0.05, 0.1) is 34.4 Å². The molecule has 0 saturated heterocycles. The van der Waals surface area contributed by atoms with Crippen LogP contribution < -0.4 is 4.89 Å². The molecule has 0 fully saturated rings. The highest BCUT2D eigenvalue weighted by Gasteiger charge is 2.20. The van der Waals surface area contributed by atoms with Gasteiger partial charge < -0.3 is 27.9 Å². The van der Waals surface area contributed by atoms with E-state index < -0.39 is 13.9 Å². The van der Waals surface area contributed by atoms with Gasteiger partial charge in [0, 0.05) is 13.0 Å². The van der Waals surface area contributed by atoms with E-state index in [0.29, 0.717) is 24.1 Å². The fourth-order valence-corrected chi connectivity index (χ4v) is 6.56. The normalized spacial score (nSPS) is 14.7. The van der Waals surface area contributed by atoms with E-state index in [1.807, 2.05) is 21.1 Å². The molecule has 9 heteroatoms. The number of ether oxygens (including phenoxy) is 2. The van der Waals surface area contributed by atoms with Crippen LogP contribution in [0.25, 0.3) is 0 Å². The van der Waals surface area contributed by atoms with Crippen LogP contribution >= 0.6 is 7.82 Å². The molecule has 0 aromatic carbocycles. The Morgan fingerprint density at radius 3 is 1.30 bits per heavy atom. The number of hydrogen-bond acceptors (Lipinski definition) is 7. The Morgan fingerprint density at radius 1 is 0.492 bits per heavy atom. The Hall–Kier alpha value is -3.10. The summed E-state index contributed by atoms with van der Waals surface area (Å²) >= 11 is 0. The molecule has 0 aromatic heterocycles. The maximum absolute atomic E-state index is 12.7. The molecule has 358 valence electrons. The van der Waals surface area contributed by atoms with E-state index in [1.54, 1.807) is 0 Å². The number of likely N-dealkylation sites (N-methyl/N-ethyl adjacent to an activating group) is 1. The molecule has 2 unspecified atom stereocenters. The first-order valence-electron chi connectivity index (χ1n) is 24.3. The zero-order valence-corrected chi connectivity index (χ0v) is 41.4. The zero-order valence-electron chi connectivity index (χ0n) is 40.5. The first-order chi connectivity index (χ1) is 30.6. The van der Waals surface area contributed by atoms with Crippen molar-refractivity contribution in [2.24, 2.45) is 0 Å². The summed E-state index contributed by atoms with van der Waals surface area (Å²) in [6.07, 6.45) is 65.0. The summed E-state index contributed by atoms with van der Waals surface area (Å²) in [5, 5.41) is 0. The minimum atomic E-state index is -4.55. The summed E-state index contributed by atoms with van der Waals surface area (Å²) in [4.78, 5) is 25.1. The number of unbranched alkanes of at least 4 members (excludes halogenated alkanes) is 9. The molecule has 0 N–H and O–H groups in total. The number of hydrogen-bond donors (Lipinski definition) is 0. The molecule has 0 aliphatic rings. The fraction of sp³-hybridized carbons (Fsp3) is 0.611. The van der Waals surface area contributed by atoms with Crippen molar-refractivity contribution in [3.05, 3.63) is 122 Å². The molecule has 0 aliphatic heterocycles. The number of carbonyl (C=O) groups excluding carboxylic acids is 1. The third-order valence-electron chi connectivity index (χ3n) is 9.51. The summed E-state index contributed by atoms with van der Waals surface area (Å²) in [6.45, 7) is 5.06. The monoisotopic (exact) mass is 896 g/mol. The fourth-order valence-electron chi connectivity index (χ4n) is 5.83. The lowest BCUT2D eigenvalue weighted by molar-refractivity contribution is -0.870. The van der Waals surface area contributed by atoms with Gasteiger partial charge >= 0.3 is 5.97 Å². The van der Waals surface area contributed by atoms with Gasteiger partial charge in [-0.05, 0) is 103 Å². The summed E-state index contributed by atoms with van der Waals surface area (Å²) < 4.78 is 34.6. The van der Waals surface area contributed by atoms with Crippen molar-refractivity contribution < 1.29 is 37.3 Å². The van der Waals surface area contributed by atoms with Crippen LogP contribution in [0.4, 0.5) is 0 Å². The van der Waals surface area contributed by atoms with Crippen LogP contribution in [0.5, 0.6) is 0 Å². The molecule has 0 radical (unpaired) electrons. The molecular weight excluding hydrogens is 806 g/mol. The highest BCUT2D eigenvalue weighted by Crippen LogP contribution is 2.38. The van der Waals surface area contributed by atoms with Gasteiger partial charge in [0.15, 0.2) is 0 Å². The number of phosphoric ester groups is 1. The minimum Gasteiger partial charge on any atom is -0.756 e. The standard InChI is InChI=1S/C54H90NO7P/c1-6-8-10-12-14-16-18-20-22-24-26-27-28-30-32-34-36-38-40-42-44-46-49-59-51-53(52-61-63(57,58)60-50-48-55(3,4)5)62-54(56)47-45-43-41-39-37-35-33-31-29-25-23-21-19-17-15-13-11-9-7-2/h8-11,14-17,20-23,26-27,29-32,35,37,53H,6-7,12-13,18-19,24-25,28,33-34,36,38-52H2,1-5H3/b10-8-,11-9-,16-14-,17-15-,22-20-,23-21-,27-26-,31-29-,32-30-,37-35-. The van der Waals surface area contributed by atoms with Crippen LogP contribution in [-0.4, -0.2) is 70.7 Å². The molecule has 8 nitrogen and oxygen atoms in total. The molecule has 0 heterocycles. The van der Waals surface area contributed by atoms with E-state index >= 15 is 0 Å². The molecule has 0 aromatic rings. The van der Waals surface area contributed by atoms with Crippen molar-refractivity contribution in [2.45, 2.75) is 161 Å². The van der Waals surface area contributed by atoms with Crippen LogP contribution in [0.2, 0.25) is 0 Å². The lowest BCUT2D eigenvalue weighted by atomic mass is 10.1. The summed E-state index contributed by atoms with van der Waals surface area (Å²) in [6, 6.07) is 0. The molecule has 2 atom stereocenters. The largest absolute Gasteiger partial charge is 0.756 e. The average molecular weight is 896 g/mol. The third kappa shape index (κ3) is 49.8. The van der Waals surface area contributed by atoms with Crippen LogP contribution in [0.3, 0.4) is 0 Å². The first kappa shape index (κ1) is 59.9. The molecule has 0 spiro atoms. The van der Waals surface area contributed by atoms with Gasteiger partial charge in [-0.25, -0.2) is 0 Å². The van der Waals surface area contributed by atoms with Crippen molar-refractivity contribution in [1.82, 2.24) is 0 Å². The van der Waals surface area contributed by atoms with Crippen LogP contribution in [-0.2, 0) is 27.9 Å². The minimum absolute atomic E-state index is 0.00817. The number of quaternary nitrogens is 1. The molecule has 0 saturated carbocycles. The van der Waals surface area contributed by atoms with E-state index in [0.717, 1.165) is 109 Å². The Labute approximate surface area is 386 Å². The smallest absolute Gasteiger partial charge is 0.306 e. The number of nitrogens with zero attached hydrogens (tertiary/aromatic N) is 1. The molecule has 0 aliphatic carbocycles. The van der Waals surface area contributed by atoms with Gasteiger partial charge in [-0.15, -0.1) is 0 Å². The topological polar surface area (TPSA) is 94.1 Å². The number of carbonyl (C=O) groups is 1. The van der Waals surface area contributed by atoms with E-state index in [9.17, 15) is 14.3 Å². The second-order valence-electron chi connectivity index (χ2n) is 16.7. The highest BCUT2D eigenvalue weighted by molar-refractivity contribution is 7.45. The van der Waals surface area contributed by atoms with Crippen molar-refractivity contribution in [3.8, 4) is 0 Å². The van der Waals surface area contributed by atoms with Crippen LogP contribution in [0.1, 0.15) is 155 Å². The van der Waals surface area contributed by atoms with E-state index in [2.05, 4.69) is 135 Å².